The average molecular weight is 264 g/mol. The molecular formula is C17H32N2. The van der Waals surface area contributed by atoms with Crippen molar-refractivity contribution in [3.8, 4) is 0 Å². The van der Waals surface area contributed by atoms with Crippen LogP contribution in [0.4, 0.5) is 0 Å². The van der Waals surface area contributed by atoms with Crippen LogP contribution in [0.5, 0.6) is 0 Å². The Balaban J connectivity index is 1.65. The first kappa shape index (κ1) is 13.9. The predicted molar refractivity (Wildman–Crippen MR) is 81.4 cm³/mol. The van der Waals surface area contributed by atoms with Crippen molar-refractivity contribution < 1.29 is 0 Å². The summed E-state index contributed by atoms with van der Waals surface area (Å²) in [4.78, 5) is 2.90. The Morgan fingerprint density at radius 1 is 1.16 bits per heavy atom. The largest absolute Gasteiger partial charge is 0.311 e. The molecule has 0 spiro atoms. The van der Waals surface area contributed by atoms with Crippen molar-refractivity contribution in [2.45, 2.75) is 76.8 Å². The smallest absolute Gasteiger partial charge is 0.0334 e. The summed E-state index contributed by atoms with van der Waals surface area (Å²) < 4.78 is 0. The first-order chi connectivity index (χ1) is 9.22. The van der Waals surface area contributed by atoms with E-state index >= 15 is 0 Å². The molecule has 19 heavy (non-hydrogen) atoms. The highest BCUT2D eigenvalue weighted by Crippen LogP contribution is 2.45. The fourth-order valence-electron chi connectivity index (χ4n) is 4.44. The quantitative estimate of drug-likeness (QED) is 0.818. The Bertz CT molecular complexity index is 294. The minimum atomic E-state index is 0.465. The summed E-state index contributed by atoms with van der Waals surface area (Å²) in [6.07, 6.45) is 11.5. The van der Waals surface area contributed by atoms with Gasteiger partial charge in [0.2, 0.25) is 0 Å². The van der Waals surface area contributed by atoms with Gasteiger partial charge in [-0.15, -0.1) is 0 Å². The van der Waals surface area contributed by atoms with Gasteiger partial charge in [0.15, 0.2) is 0 Å². The zero-order chi connectivity index (χ0) is 13.3. The number of nitrogens with one attached hydrogen (secondary N) is 1. The molecule has 1 saturated heterocycles. The summed E-state index contributed by atoms with van der Waals surface area (Å²) in [6.45, 7) is 8.77. The third kappa shape index (κ3) is 3.00. The molecule has 3 rings (SSSR count). The molecule has 2 saturated carbocycles. The molecule has 1 N–H and O–H groups in total. The van der Waals surface area contributed by atoms with E-state index in [1.165, 1.54) is 71.0 Å². The van der Waals surface area contributed by atoms with Gasteiger partial charge in [0.1, 0.15) is 0 Å². The Kier molecular flexibility index (Phi) is 4.19. The summed E-state index contributed by atoms with van der Waals surface area (Å²) in [5.74, 6) is 1.97. The molecule has 3 aliphatic rings. The van der Waals surface area contributed by atoms with E-state index in [1.807, 2.05) is 0 Å². The molecule has 2 heteroatoms. The van der Waals surface area contributed by atoms with E-state index < -0.39 is 0 Å². The molecule has 2 nitrogen and oxygen atoms in total. The van der Waals surface area contributed by atoms with Crippen molar-refractivity contribution in [2.75, 3.05) is 19.6 Å². The van der Waals surface area contributed by atoms with Gasteiger partial charge in [0.25, 0.3) is 0 Å². The normalized spacial score (nSPS) is 37.9. The molecule has 0 aromatic carbocycles. The molecule has 2 atom stereocenters. The van der Waals surface area contributed by atoms with Crippen LogP contribution in [0.3, 0.4) is 0 Å². The molecule has 110 valence electrons. The Hall–Kier alpha value is -0.0800. The number of hydrogen-bond donors (Lipinski definition) is 1. The molecule has 0 aromatic rings. The van der Waals surface area contributed by atoms with Gasteiger partial charge in [0.05, 0.1) is 0 Å². The van der Waals surface area contributed by atoms with Crippen molar-refractivity contribution in [1.82, 2.24) is 10.2 Å². The predicted octanol–water partition coefficient (Wildman–Crippen LogP) is 3.42. The van der Waals surface area contributed by atoms with Crippen LogP contribution < -0.4 is 5.32 Å². The maximum absolute atomic E-state index is 3.85. The van der Waals surface area contributed by atoms with Gasteiger partial charge in [0, 0.05) is 31.2 Å². The van der Waals surface area contributed by atoms with Crippen molar-refractivity contribution in [1.29, 1.82) is 0 Å². The lowest BCUT2D eigenvalue weighted by Crippen LogP contribution is -2.65. The fraction of sp³-hybridized carbons (Fsp3) is 1.00. The second kappa shape index (κ2) is 5.73. The van der Waals surface area contributed by atoms with E-state index in [2.05, 4.69) is 24.1 Å². The summed E-state index contributed by atoms with van der Waals surface area (Å²) in [6, 6.07) is 0.748. The summed E-state index contributed by atoms with van der Waals surface area (Å²) >= 11 is 0. The van der Waals surface area contributed by atoms with Crippen molar-refractivity contribution in [3.63, 3.8) is 0 Å². The zero-order valence-electron chi connectivity index (χ0n) is 13.0. The topological polar surface area (TPSA) is 15.3 Å². The standard InChI is InChI=1S/C17H32N2/c1-3-6-16-12-19(11-14-7-4-5-8-14)17(2,13-18-16)15-9-10-15/h14-16,18H,3-13H2,1-2H3. The Morgan fingerprint density at radius 3 is 2.53 bits per heavy atom. The molecule has 0 bridgehead atoms. The van der Waals surface area contributed by atoms with E-state index in [0.29, 0.717) is 5.54 Å². The molecule has 1 aliphatic heterocycles. The highest BCUT2D eigenvalue weighted by Gasteiger charge is 2.48. The van der Waals surface area contributed by atoms with Crippen LogP contribution in [0.25, 0.3) is 0 Å². The number of piperazine rings is 1. The van der Waals surface area contributed by atoms with Gasteiger partial charge in [-0.25, -0.2) is 0 Å². The summed E-state index contributed by atoms with van der Waals surface area (Å²) in [5, 5.41) is 3.85. The van der Waals surface area contributed by atoms with Crippen LogP contribution in [-0.2, 0) is 0 Å². The van der Waals surface area contributed by atoms with Crippen molar-refractivity contribution in [2.24, 2.45) is 11.8 Å². The van der Waals surface area contributed by atoms with Crippen LogP contribution >= 0.6 is 0 Å². The van der Waals surface area contributed by atoms with Crippen molar-refractivity contribution in [3.05, 3.63) is 0 Å². The van der Waals surface area contributed by atoms with Crippen molar-refractivity contribution >= 4 is 0 Å². The van der Waals surface area contributed by atoms with E-state index in [9.17, 15) is 0 Å². The molecule has 1 heterocycles. The van der Waals surface area contributed by atoms with Gasteiger partial charge in [-0.05, 0) is 50.9 Å². The van der Waals surface area contributed by atoms with Gasteiger partial charge in [-0.2, -0.15) is 0 Å². The minimum Gasteiger partial charge on any atom is -0.311 e. The SMILES string of the molecule is CCCC1CN(CC2CCCC2)C(C)(C2CC2)CN1. The first-order valence-electron chi connectivity index (χ1n) is 8.71. The number of hydrogen-bond acceptors (Lipinski definition) is 2. The van der Waals surface area contributed by atoms with Gasteiger partial charge < -0.3 is 5.32 Å². The lowest BCUT2D eigenvalue weighted by atomic mass is 9.87. The second-order valence-electron chi connectivity index (χ2n) is 7.55. The molecule has 0 aromatic heterocycles. The van der Waals surface area contributed by atoms with Gasteiger partial charge in [-0.3, -0.25) is 4.90 Å². The maximum Gasteiger partial charge on any atom is 0.0334 e. The molecule has 0 radical (unpaired) electrons. The monoisotopic (exact) mass is 264 g/mol. The third-order valence-electron chi connectivity index (χ3n) is 5.96. The third-order valence-corrected chi connectivity index (χ3v) is 5.96. The van der Waals surface area contributed by atoms with Crippen LogP contribution in [0, 0.1) is 11.8 Å². The molecule has 0 amide bonds. The van der Waals surface area contributed by atoms with Crippen LogP contribution in [-0.4, -0.2) is 36.1 Å². The van der Waals surface area contributed by atoms with Crippen LogP contribution in [0.2, 0.25) is 0 Å². The molecule has 2 aliphatic carbocycles. The molecule has 2 unspecified atom stereocenters. The average Bonchev–Trinajstić information content (AvgIpc) is 3.14. The fourth-order valence-corrected chi connectivity index (χ4v) is 4.44. The Morgan fingerprint density at radius 2 is 1.89 bits per heavy atom. The van der Waals surface area contributed by atoms with E-state index in [1.54, 1.807) is 0 Å². The van der Waals surface area contributed by atoms with Crippen LogP contribution in [0.1, 0.15) is 65.2 Å². The van der Waals surface area contributed by atoms with E-state index in [0.717, 1.165) is 17.9 Å². The maximum atomic E-state index is 3.85. The lowest BCUT2D eigenvalue weighted by molar-refractivity contribution is 0.0207. The number of rotatable bonds is 5. The summed E-state index contributed by atoms with van der Waals surface area (Å²) in [5.41, 5.74) is 0.465. The second-order valence-corrected chi connectivity index (χ2v) is 7.55. The first-order valence-corrected chi connectivity index (χ1v) is 8.71. The number of nitrogens with zero attached hydrogens (tertiary/aromatic N) is 1. The van der Waals surface area contributed by atoms with Gasteiger partial charge >= 0.3 is 0 Å². The Labute approximate surface area is 119 Å². The highest BCUT2D eigenvalue weighted by atomic mass is 15.3. The van der Waals surface area contributed by atoms with Crippen LogP contribution in [0.15, 0.2) is 0 Å². The lowest BCUT2D eigenvalue weighted by Gasteiger charge is -2.49. The van der Waals surface area contributed by atoms with Gasteiger partial charge in [-0.1, -0.05) is 26.2 Å². The van der Waals surface area contributed by atoms with E-state index in [-0.39, 0.29) is 0 Å². The van der Waals surface area contributed by atoms with E-state index in [4.69, 9.17) is 0 Å². The minimum absolute atomic E-state index is 0.465. The zero-order valence-corrected chi connectivity index (χ0v) is 13.0. The molecule has 3 fully saturated rings. The molecular weight excluding hydrogens is 232 g/mol. The summed E-state index contributed by atoms with van der Waals surface area (Å²) in [7, 11) is 0. The highest BCUT2D eigenvalue weighted by molar-refractivity contribution is 5.05.